The number of nitrogens with zero attached hydrogens (tertiary/aromatic N) is 1. The monoisotopic (exact) mass is 239 g/mol. The van der Waals surface area contributed by atoms with E-state index in [-0.39, 0.29) is 10.6 Å². The van der Waals surface area contributed by atoms with Crippen molar-refractivity contribution in [1.29, 1.82) is 0 Å². The number of benzene rings is 1. The molecule has 13 heavy (non-hydrogen) atoms. The van der Waals surface area contributed by atoms with Gasteiger partial charge in [-0.15, -0.1) is 0 Å². The number of hydrogen-bond acceptors (Lipinski definition) is 2. The molecule has 0 N–H and O–H groups in total. The second-order valence-electron chi connectivity index (χ2n) is 2.85. The van der Waals surface area contributed by atoms with Crippen molar-refractivity contribution in [3.8, 4) is 0 Å². The molecule has 0 unspecified atom stereocenters. The standard InChI is InChI=1S/C9H6BrNO2/c10-9-4-1-6-5-7(11(12)13)2-3-8(6)9/h2-5H,1H2. The molecule has 0 fully saturated rings. The van der Waals surface area contributed by atoms with Crippen LogP contribution >= 0.6 is 15.9 Å². The van der Waals surface area contributed by atoms with E-state index in [9.17, 15) is 10.1 Å². The van der Waals surface area contributed by atoms with Gasteiger partial charge in [0.2, 0.25) is 0 Å². The molecule has 0 amide bonds. The minimum absolute atomic E-state index is 0.161. The van der Waals surface area contributed by atoms with Gasteiger partial charge in [0.05, 0.1) is 4.92 Å². The molecule has 0 bridgehead atoms. The first-order valence-corrected chi connectivity index (χ1v) is 4.61. The number of hydrogen-bond donors (Lipinski definition) is 0. The molecule has 1 aliphatic rings. The second kappa shape index (κ2) is 2.96. The average Bonchev–Trinajstić information content (AvgIpc) is 2.47. The van der Waals surface area contributed by atoms with Crippen LogP contribution in [0.3, 0.4) is 0 Å². The van der Waals surface area contributed by atoms with E-state index in [4.69, 9.17) is 0 Å². The Morgan fingerprint density at radius 1 is 1.46 bits per heavy atom. The van der Waals surface area contributed by atoms with Crippen LogP contribution in [-0.4, -0.2) is 4.92 Å². The lowest BCUT2D eigenvalue weighted by Gasteiger charge is -1.98. The summed E-state index contributed by atoms with van der Waals surface area (Å²) in [6.07, 6.45) is 2.78. The van der Waals surface area contributed by atoms with Crippen molar-refractivity contribution in [2.45, 2.75) is 6.42 Å². The summed E-state index contributed by atoms with van der Waals surface area (Å²) in [5.41, 5.74) is 2.24. The minimum Gasteiger partial charge on any atom is -0.258 e. The van der Waals surface area contributed by atoms with Crippen molar-refractivity contribution < 1.29 is 4.92 Å². The quantitative estimate of drug-likeness (QED) is 0.559. The molecule has 0 aliphatic heterocycles. The van der Waals surface area contributed by atoms with Gasteiger partial charge in [-0.05, 0) is 23.6 Å². The molecule has 4 heteroatoms. The Bertz CT molecular complexity index is 412. The maximum atomic E-state index is 10.5. The SMILES string of the molecule is O=[N+]([O-])c1ccc2c(c1)CC=C2Br. The van der Waals surface area contributed by atoms with Crippen molar-refractivity contribution in [3.63, 3.8) is 0 Å². The van der Waals surface area contributed by atoms with Gasteiger partial charge in [-0.2, -0.15) is 0 Å². The fourth-order valence-electron chi connectivity index (χ4n) is 1.41. The van der Waals surface area contributed by atoms with Crippen LogP contribution < -0.4 is 0 Å². The molecule has 0 atom stereocenters. The number of non-ortho nitro benzene ring substituents is 1. The van der Waals surface area contributed by atoms with Crippen molar-refractivity contribution in [2.75, 3.05) is 0 Å². The Labute approximate surface area is 83.4 Å². The van der Waals surface area contributed by atoms with Gasteiger partial charge in [-0.3, -0.25) is 10.1 Å². The molecule has 3 nitrogen and oxygen atoms in total. The lowest BCUT2D eigenvalue weighted by Crippen LogP contribution is -1.90. The van der Waals surface area contributed by atoms with Crippen molar-refractivity contribution in [2.24, 2.45) is 0 Å². The smallest absolute Gasteiger partial charge is 0.258 e. The van der Waals surface area contributed by atoms with E-state index >= 15 is 0 Å². The highest BCUT2D eigenvalue weighted by Gasteiger charge is 2.15. The van der Waals surface area contributed by atoms with Gasteiger partial charge in [-0.1, -0.05) is 22.0 Å². The van der Waals surface area contributed by atoms with E-state index in [0.717, 1.165) is 22.0 Å². The van der Waals surface area contributed by atoms with Crippen LogP contribution in [0.1, 0.15) is 11.1 Å². The first kappa shape index (κ1) is 8.44. The highest BCUT2D eigenvalue weighted by atomic mass is 79.9. The van der Waals surface area contributed by atoms with E-state index in [1.807, 2.05) is 6.08 Å². The molecule has 66 valence electrons. The van der Waals surface area contributed by atoms with Crippen LogP contribution in [0.15, 0.2) is 24.3 Å². The first-order valence-electron chi connectivity index (χ1n) is 3.82. The van der Waals surface area contributed by atoms with Crippen LogP contribution in [0.5, 0.6) is 0 Å². The maximum Gasteiger partial charge on any atom is 0.269 e. The van der Waals surface area contributed by atoms with Gasteiger partial charge >= 0.3 is 0 Å². The molecule has 0 saturated heterocycles. The summed E-state index contributed by atoms with van der Waals surface area (Å²) in [5.74, 6) is 0. The Morgan fingerprint density at radius 2 is 2.23 bits per heavy atom. The molecule has 1 aliphatic carbocycles. The number of rotatable bonds is 1. The fourth-order valence-corrected chi connectivity index (χ4v) is 1.95. The molecule has 0 radical (unpaired) electrons. The third-order valence-electron chi connectivity index (χ3n) is 2.06. The average molecular weight is 240 g/mol. The topological polar surface area (TPSA) is 43.1 Å². The van der Waals surface area contributed by atoms with E-state index in [0.29, 0.717) is 0 Å². The van der Waals surface area contributed by atoms with Gasteiger partial charge in [0.25, 0.3) is 5.69 Å². The highest BCUT2D eigenvalue weighted by Crippen LogP contribution is 2.33. The fraction of sp³-hybridized carbons (Fsp3) is 0.111. The van der Waals surface area contributed by atoms with Crippen LogP contribution in [0, 0.1) is 10.1 Å². The van der Waals surface area contributed by atoms with Crippen LogP contribution in [0.4, 0.5) is 5.69 Å². The summed E-state index contributed by atoms with van der Waals surface area (Å²) in [5, 5.41) is 10.5. The first-order chi connectivity index (χ1) is 6.18. The number of nitro benzene ring substituents is 1. The van der Waals surface area contributed by atoms with Crippen molar-refractivity contribution in [3.05, 3.63) is 45.5 Å². The summed E-state index contributed by atoms with van der Waals surface area (Å²) in [4.78, 5) is 10.1. The molecule has 0 spiro atoms. The summed E-state index contributed by atoms with van der Waals surface area (Å²) >= 11 is 3.39. The molecular formula is C9H6BrNO2. The zero-order valence-corrected chi connectivity index (χ0v) is 8.24. The predicted molar refractivity (Wildman–Crippen MR) is 53.7 cm³/mol. The minimum atomic E-state index is -0.369. The molecule has 0 saturated carbocycles. The number of fused-ring (bicyclic) bond motifs is 1. The van der Waals surface area contributed by atoms with Gasteiger partial charge in [0.1, 0.15) is 0 Å². The highest BCUT2D eigenvalue weighted by molar-refractivity contribution is 9.15. The lowest BCUT2D eigenvalue weighted by atomic mass is 10.1. The van der Waals surface area contributed by atoms with E-state index in [1.54, 1.807) is 12.1 Å². The number of halogens is 1. The normalized spacial score (nSPS) is 13.8. The van der Waals surface area contributed by atoms with Crippen LogP contribution in [0.2, 0.25) is 0 Å². The zero-order chi connectivity index (χ0) is 9.42. The molecule has 1 aromatic carbocycles. The number of nitro groups is 1. The largest absolute Gasteiger partial charge is 0.269 e. The molecule has 2 rings (SSSR count). The van der Waals surface area contributed by atoms with Crippen LogP contribution in [0.25, 0.3) is 4.48 Å². The van der Waals surface area contributed by atoms with E-state index in [1.165, 1.54) is 6.07 Å². The molecule has 0 aromatic heterocycles. The van der Waals surface area contributed by atoms with Gasteiger partial charge in [0.15, 0.2) is 0 Å². The van der Waals surface area contributed by atoms with Crippen molar-refractivity contribution >= 4 is 26.1 Å². The summed E-state index contributed by atoms with van der Waals surface area (Å²) in [7, 11) is 0. The lowest BCUT2D eigenvalue weighted by molar-refractivity contribution is -0.384. The molecule has 1 aromatic rings. The van der Waals surface area contributed by atoms with Crippen molar-refractivity contribution in [1.82, 2.24) is 0 Å². The number of allylic oxidation sites excluding steroid dienone is 1. The van der Waals surface area contributed by atoms with Crippen LogP contribution in [-0.2, 0) is 6.42 Å². The van der Waals surface area contributed by atoms with Gasteiger partial charge in [-0.25, -0.2) is 0 Å². The molecular weight excluding hydrogens is 234 g/mol. The summed E-state index contributed by atoms with van der Waals surface area (Å²) in [6.45, 7) is 0. The third-order valence-corrected chi connectivity index (χ3v) is 2.81. The zero-order valence-electron chi connectivity index (χ0n) is 6.66. The Morgan fingerprint density at radius 3 is 2.92 bits per heavy atom. The second-order valence-corrected chi connectivity index (χ2v) is 3.71. The predicted octanol–water partition coefficient (Wildman–Crippen LogP) is 2.89. The summed E-state index contributed by atoms with van der Waals surface area (Å²) < 4.78 is 1.03. The third kappa shape index (κ3) is 1.37. The molecule has 0 heterocycles. The maximum absolute atomic E-state index is 10.5. The van der Waals surface area contributed by atoms with Gasteiger partial charge < -0.3 is 0 Å². The Kier molecular flexibility index (Phi) is 1.92. The Balaban J connectivity index is 2.49. The summed E-state index contributed by atoms with van der Waals surface area (Å²) in [6, 6.07) is 4.93. The Hall–Kier alpha value is -1.16. The van der Waals surface area contributed by atoms with E-state index in [2.05, 4.69) is 15.9 Å². The van der Waals surface area contributed by atoms with Gasteiger partial charge in [0, 0.05) is 16.6 Å². The van der Waals surface area contributed by atoms with E-state index < -0.39 is 0 Å².